The largest absolute Gasteiger partial charge is 0.272 e. The van der Waals surface area contributed by atoms with Crippen LogP contribution in [0.5, 0.6) is 0 Å². The van der Waals surface area contributed by atoms with E-state index in [0.717, 1.165) is 24.0 Å². The number of carbonyl (C=O) groups is 2. The van der Waals surface area contributed by atoms with Gasteiger partial charge in [-0.1, -0.05) is 62.9 Å². The van der Waals surface area contributed by atoms with Gasteiger partial charge in [-0.2, -0.15) is 0 Å². The van der Waals surface area contributed by atoms with Crippen LogP contribution in [0.15, 0.2) is 36.5 Å². The summed E-state index contributed by atoms with van der Waals surface area (Å²) in [4.78, 5) is 30.4. The van der Waals surface area contributed by atoms with Crippen LogP contribution >= 0.6 is 11.6 Å². The number of nitrogens with one attached hydrogen (secondary N) is 1. The lowest BCUT2D eigenvalue weighted by atomic mass is 9.83. The summed E-state index contributed by atoms with van der Waals surface area (Å²) >= 11 is 5.83. The minimum absolute atomic E-state index is 0.176. The summed E-state index contributed by atoms with van der Waals surface area (Å²) in [6, 6.07) is 8.70. The third-order valence-electron chi connectivity index (χ3n) is 4.77. The Kier molecular flexibility index (Phi) is 7.42. The van der Waals surface area contributed by atoms with E-state index < -0.39 is 5.91 Å². The molecule has 0 spiro atoms. The SMILES string of the molecule is CCCC(N(NC(=O)c1ccc(Cl)nc1)C(=O)c1cc(C)cc(C)c1)C(C)(C)C. The third kappa shape index (κ3) is 6.04. The van der Waals surface area contributed by atoms with Crippen molar-refractivity contribution >= 4 is 23.4 Å². The van der Waals surface area contributed by atoms with Crippen molar-refractivity contribution in [1.29, 1.82) is 0 Å². The van der Waals surface area contributed by atoms with Crippen LogP contribution in [-0.4, -0.2) is 27.8 Å². The van der Waals surface area contributed by atoms with Crippen molar-refractivity contribution in [2.45, 2.75) is 60.4 Å². The second-order valence-electron chi connectivity index (χ2n) is 8.53. The topological polar surface area (TPSA) is 62.3 Å². The molecule has 1 aromatic heterocycles. The van der Waals surface area contributed by atoms with E-state index in [1.807, 2.05) is 32.0 Å². The average molecular weight is 416 g/mol. The average Bonchev–Trinajstić information content (AvgIpc) is 2.62. The number of aromatic nitrogens is 1. The zero-order valence-electron chi connectivity index (χ0n) is 18.0. The molecule has 0 bridgehead atoms. The lowest BCUT2D eigenvalue weighted by molar-refractivity contribution is 0.0271. The van der Waals surface area contributed by atoms with Crippen LogP contribution in [-0.2, 0) is 0 Å². The number of hydrogen-bond acceptors (Lipinski definition) is 3. The summed E-state index contributed by atoms with van der Waals surface area (Å²) < 4.78 is 0. The first-order chi connectivity index (χ1) is 13.5. The monoisotopic (exact) mass is 415 g/mol. The van der Waals surface area contributed by atoms with E-state index in [1.54, 1.807) is 12.1 Å². The van der Waals surface area contributed by atoms with Gasteiger partial charge in [0.1, 0.15) is 5.15 Å². The minimum atomic E-state index is -0.391. The van der Waals surface area contributed by atoms with E-state index >= 15 is 0 Å². The highest BCUT2D eigenvalue weighted by Gasteiger charge is 2.35. The Balaban J connectivity index is 2.45. The lowest BCUT2D eigenvalue weighted by Crippen LogP contribution is -2.56. The number of hydrazine groups is 1. The van der Waals surface area contributed by atoms with Crippen LogP contribution in [0.4, 0.5) is 0 Å². The van der Waals surface area contributed by atoms with Gasteiger partial charge in [0, 0.05) is 11.8 Å². The summed E-state index contributed by atoms with van der Waals surface area (Å²) in [6.07, 6.45) is 3.05. The molecule has 5 nitrogen and oxygen atoms in total. The molecule has 0 saturated carbocycles. The Morgan fingerprint density at radius 1 is 1.10 bits per heavy atom. The second kappa shape index (κ2) is 9.40. The zero-order valence-corrected chi connectivity index (χ0v) is 18.8. The van der Waals surface area contributed by atoms with Crippen LogP contribution < -0.4 is 5.43 Å². The minimum Gasteiger partial charge on any atom is -0.267 e. The van der Waals surface area contributed by atoms with Crippen molar-refractivity contribution in [3.05, 3.63) is 63.9 Å². The van der Waals surface area contributed by atoms with Crippen LogP contribution in [0.1, 0.15) is 72.4 Å². The summed E-state index contributed by atoms with van der Waals surface area (Å²) in [5.74, 6) is -0.613. The molecule has 0 fully saturated rings. The van der Waals surface area contributed by atoms with Crippen molar-refractivity contribution < 1.29 is 9.59 Å². The molecule has 0 radical (unpaired) electrons. The van der Waals surface area contributed by atoms with E-state index in [0.29, 0.717) is 16.3 Å². The van der Waals surface area contributed by atoms with E-state index in [2.05, 4.69) is 38.1 Å². The number of hydrogen-bond donors (Lipinski definition) is 1. The van der Waals surface area contributed by atoms with Crippen LogP contribution in [0.25, 0.3) is 0 Å². The maximum atomic E-state index is 13.5. The number of aryl methyl sites for hydroxylation is 2. The fourth-order valence-electron chi connectivity index (χ4n) is 3.41. The highest BCUT2D eigenvalue weighted by atomic mass is 35.5. The Labute approximate surface area is 178 Å². The Morgan fingerprint density at radius 2 is 1.72 bits per heavy atom. The zero-order chi connectivity index (χ0) is 21.8. The molecular formula is C23H30ClN3O2. The first-order valence-electron chi connectivity index (χ1n) is 9.87. The summed E-state index contributed by atoms with van der Waals surface area (Å²) in [7, 11) is 0. The molecule has 1 N–H and O–H groups in total. The number of nitrogens with zero attached hydrogens (tertiary/aromatic N) is 2. The maximum absolute atomic E-state index is 13.5. The molecule has 0 saturated heterocycles. The van der Waals surface area contributed by atoms with Gasteiger partial charge in [-0.25, -0.2) is 9.99 Å². The number of amides is 2. The molecular weight excluding hydrogens is 386 g/mol. The normalized spacial score (nSPS) is 12.4. The van der Waals surface area contributed by atoms with Crippen molar-refractivity contribution in [2.24, 2.45) is 5.41 Å². The molecule has 0 aliphatic heterocycles. The predicted molar refractivity (Wildman–Crippen MR) is 117 cm³/mol. The molecule has 6 heteroatoms. The van der Waals surface area contributed by atoms with Crippen molar-refractivity contribution in [3.8, 4) is 0 Å². The number of carbonyl (C=O) groups excluding carboxylic acids is 2. The first kappa shape index (κ1) is 22.9. The van der Waals surface area contributed by atoms with Gasteiger partial charge in [0.05, 0.1) is 11.6 Å². The lowest BCUT2D eigenvalue weighted by Gasteiger charge is -2.40. The van der Waals surface area contributed by atoms with E-state index in [4.69, 9.17) is 11.6 Å². The summed E-state index contributed by atoms with van der Waals surface area (Å²) in [6.45, 7) is 12.2. The van der Waals surface area contributed by atoms with Crippen LogP contribution in [0.2, 0.25) is 5.15 Å². The highest BCUT2D eigenvalue weighted by Crippen LogP contribution is 2.29. The fourth-order valence-corrected chi connectivity index (χ4v) is 3.53. The van der Waals surface area contributed by atoms with Gasteiger partial charge in [-0.3, -0.25) is 15.0 Å². The first-order valence-corrected chi connectivity index (χ1v) is 10.2. The van der Waals surface area contributed by atoms with Crippen LogP contribution in [0, 0.1) is 19.3 Å². The summed E-state index contributed by atoms with van der Waals surface area (Å²) in [5.41, 5.74) is 5.53. The van der Waals surface area contributed by atoms with Crippen molar-refractivity contribution in [1.82, 2.24) is 15.4 Å². The van der Waals surface area contributed by atoms with Crippen molar-refractivity contribution in [3.63, 3.8) is 0 Å². The van der Waals surface area contributed by atoms with Gasteiger partial charge in [-0.05, 0) is 49.9 Å². The molecule has 1 unspecified atom stereocenters. The van der Waals surface area contributed by atoms with E-state index in [9.17, 15) is 9.59 Å². The second-order valence-corrected chi connectivity index (χ2v) is 8.92. The number of rotatable bonds is 5. The molecule has 1 aromatic carbocycles. The fraction of sp³-hybridized carbons (Fsp3) is 0.435. The quantitative estimate of drug-likeness (QED) is 0.528. The molecule has 2 rings (SSSR count). The molecule has 0 aliphatic carbocycles. The maximum Gasteiger partial charge on any atom is 0.272 e. The molecule has 156 valence electrons. The number of benzene rings is 1. The van der Waals surface area contributed by atoms with E-state index in [1.165, 1.54) is 11.2 Å². The predicted octanol–water partition coefficient (Wildman–Crippen LogP) is 5.35. The van der Waals surface area contributed by atoms with Gasteiger partial charge >= 0.3 is 0 Å². The van der Waals surface area contributed by atoms with Crippen LogP contribution in [0.3, 0.4) is 0 Å². The molecule has 1 atom stereocenters. The molecule has 29 heavy (non-hydrogen) atoms. The van der Waals surface area contributed by atoms with Gasteiger partial charge in [0.2, 0.25) is 0 Å². The smallest absolute Gasteiger partial charge is 0.267 e. The van der Waals surface area contributed by atoms with Gasteiger partial charge < -0.3 is 0 Å². The van der Waals surface area contributed by atoms with Crippen molar-refractivity contribution in [2.75, 3.05) is 0 Å². The molecule has 0 aliphatic rings. The Hall–Kier alpha value is -2.40. The number of halogens is 1. The summed E-state index contributed by atoms with van der Waals surface area (Å²) in [5, 5.41) is 1.80. The van der Waals surface area contributed by atoms with E-state index in [-0.39, 0.29) is 17.4 Å². The third-order valence-corrected chi connectivity index (χ3v) is 5.00. The molecule has 2 aromatic rings. The highest BCUT2D eigenvalue weighted by molar-refractivity contribution is 6.29. The Bertz CT molecular complexity index is 852. The molecule has 1 heterocycles. The Morgan fingerprint density at radius 3 is 2.21 bits per heavy atom. The van der Waals surface area contributed by atoms with Gasteiger partial charge in [-0.15, -0.1) is 0 Å². The van der Waals surface area contributed by atoms with Gasteiger partial charge in [0.25, 0.3) is 11.8 Å². The standard InChI is InChI=1S/C23H30ClN3O2/c1-7-8-19(23(4,5)6)27(22(29)18-12-15(2)11-16(3)13-18)26-21(28)17-9-10-20(24)25-14-17/h9-14,19H,7-8H2,1-6H3,(H,26,28). The number of pyridine rings is 1. The van der Waals surface area contributed by atoms with Gasteiger partial charge in [0.15, 0.2) is 0 Å². The molecule has 2 amide bonds.